The van der Waals surface area contributed by atoms with Crippen LogP contribution in [0.3, 0.4) is 0 Å². The molecule has 2 N–H and O–H groups in total. The second-order valence-corrected chi connectivity index (χ2v) is 7.27. The number of hydrogen-bond donors (Lipinski definition) is 1. The van der Waals surface area contributed by atoms with E-state index in [1.165, 1.54) is 0 Å². The highest BCUT2D eigenvalue weighted by Crippen LogP contribution is 2.16. The Morgan fingerprint density at radius 1 is 1.12 bits per heavy atom. The lowest BCUT2D eigenvalue weighted by Gasteiger charge is -2.23. The van der Waals surface area contributed by atoms with Crippen LogP contribution in [0.15, 0.2) is 0 Å². The lowest BCUT2D eigenvalue weighted by Crippen LogP contribution is -2.30. The minimum Gasteiger partial charge on any atom is -0.378 e. The first kappa shape index (κ1) is 16.9. The molecule has 0 bridgehead atoms. The summed E-state index contributed by atoms with van der Waals surface area (Å²) in [6.45, 7) is 10.8. The molecule has 4 nitrogen and oxygen atoms in total. The summed E-state index contributed by atoms with van der Waals surface area (Å²) in [5.74, 6) is 0.805. The highest BCUT2D eigenvalue weighted by molar-refractivity contribution is 7.89. The maximum atomic E-state index is 11.1. The number of primary sulfonamides is 1. The summed E-state index contributed by atoms with van der Waals surface area (Å²) in [6.07, 6.45) is 1.15. The second kappa shape index (κ2) is 7.34. The van der Waals surface area contributed by atoms with Gasteiger partial charge in [0, 0.05) is 0 Å². The van der Waals surface area contributed by atoms with Gasteiger partial charge in [-0.25, -0.2) is 13.6 Å². The van der Waals surface area contributed by atoms with Crippen LogP contribution in [0, 0.1) is 17.8 Å². The normalized spacial score (nSPS) is 16.5. The molecule has 0 spiro atoms. The van der Waals surface area contributed by atoms with Crippen molar-refractivity contribution in [3.05, 3.63) is 0 Å². The van der Waals surface area contributed by atoms with E-state index in [1.807, 2.05) is 20.8 Å². The van der Waals surface area contributed by atoms with Gasteiger partial charge in [0.2, 0.25) is 10.0 Å². The molecule has 2 unspecified atom stereocenters. The second-order valence-electron chi connectivity index (χ2n) is 5.61. The Hall–Kier alpha value is -0.130. The van der Waals surface area contributed by atoms with Crippen LogP contribution in [0.5, 0.6) is 0 Å². The van der Waals surface area contributed by atoms with Crippen molar-refractivity contribution < 1.29 is 13.2 Å². The van der Waals surface area contributed by atoms with E-state index in [-0.39, 0.29) is 23.7 Å². The average molecular weight is 265 g/mol. The van der Waals surface area contributed by atoms with Crippen LogP contribution in [0.4, 0.5) is 0 Å². The van der Waals surface area contributed by atoms with E-state index in [9.17, 15) is 8.42 Å². The lowest BCUT2D eigenvalue weighted by molar-refractivity contribution is 0.0235. The molecule has 0 saturated carbocycles. The molecular formula is C12H27NO3S. The Labute approximate surface area is 106 Å². The highest BCUT2D eigenvalue weighted by Gasteiger charge is 2.20. The highest BCUT2D eigenvalue weighted by atomic mass is 32.2. The van der Waals surface area contributed by atoms with Crippen LogP contribution in [0.25, 0.3) is 0 Å². The van der Waals surface area contributed by atoms with E-state index in [4.69, 9.17) is 9.88 Å². The predicted octanol–water partition coefficient (Wildman–Crippen LogP) is 2.00. The minimum atomic E-state index is -3.42. The fraction of sp³-hybridized carbons (Fsp3) is 1.00. The Kier molecular flexibility index (Phi) is 7.28. The number of hydrogen-bond acceptors (Lipinski definition) is 3. The zero-order chi connectivity index (χ0) is 13.6. The van der Waals surface area contributed by atoms with Crippen LogP contribution in [-0.2, 0) is 14.8 Å². The molecule has 0 aliphatic rings. The summed E-state index contributed by atoms with van der Waals surface area (Å²) in [5, 5.41) is 5.08. The fourth-order valence-electron chi connectivity index (χ4n) is 1.75. The fourth-order valence-corrected chi connectivity index (χ4v) is 2.83. The molecule has 0 aromatic carbocycles. The van der Waals surface area contributed by atoms with Gasteiger partial charge in [0.25, 0.3) is 0 Å². The maximum Gasteiger partial charge on any atom is 0.209 e. The first-order valence-corrected chi connectivity index (χ1v) is 7.95. The molecule has 0 radical (unpaired) electrons. The molecule has 0 amide bonds. The molecule has 0 aromatic heterocycles. The van der Waals surface area contributed by atoms with Crippen molar-refractivity contribution in [2.75, 3.05) is 12.4 Å². The van der Waals surface area contributed by atoms with Gasteiger partial charge in [-0.05, 0) is 31.1 Å². The molecule has 5 heteroatoms. The van der Waals surface area contributed by atoms with Crippen molar-refractivity contribution in [2.24, 2.45) is 22.9 Å². The first-order chi connectivity index (χ1) is 7.61. The summed E-state index contributed by atoms with van der Waals surface area (Å²) in [7, 11) is -3.42. The van der Waals surface area contributed by atoms with Crippen molar-refractivity contribution in [3.8, 4) is 0 Å². The van der Waals surface area contributed by atoms with Gasteiger partial charge in [-0.2, -0.15) is 0 Å². The van der Waals surface area contributed by atoms with Gasteiger partial charge in [-0.1, -0.05) is 27.7 Å². The van der Waals surface area contributed by atoms with Crippen LogP contribution < -0.4 is 5.14 Å². The summed E-state index contributed by atoms with van der Waals surface area (Å²) >= 11 is 0. The molecule has 0 rings (SSSR count). The third kappa shape index (κ3) is 9.56. The molecule has 0 saturated heterocycles. The SMILES string of the molecule is CC(C)CC(C)OCC(CS(N)(=O)=O)C(C)C. The summed E-state index contributed by atoms with van der Waals surface area (Å²) in [5.41, 5.74) is 0. The van der Waals surface area contributed by atoms with E-state index in [2.05, 4.69) is 13.8 Å². The van der Waals surface area contributed by atoms with Crippen LogP contribution in [0.1, 0.15) is 41.0 Å². The Morgan fingerprint density at radius 2 is 1.65 bits per heavy atom. The maximum absolute atomic E-state index is 11.1. The number of ether oxygens (including phenoxy) is 1. The largest absolute Gasteiger partial charge is 0.378 e. The number of rotatable bonds is 8. The zero-order valence-electron chi connectivity index (χ0n) is 11.6. The van der Waals surface area contributed by atoms with Crippen molar-refractivity contribution in [1.82, 2.24) is 0 Å². The van der Waals surface area contributed by atoms with Crippen molar-refractivity contribution in [2.45, 2.75) is 47.1 Å². The van der Waals surface area contributed by atoms with E-state index < -0.39 is 10.0 Å². The molecule has 0 aliphatic heterocycles. The van der Waals surface area contributed by atoms with Crippen molar-refractivity contribution in [3.63, 3.8) is 0 Å². The first-order valence-electron chi connectivity index (χ1n) is 6.24. The number of nitrogens with two attached hydrogens (primary N) is 1. The molecule has 104 valence electrons. The summed E-state index contributed by atoms with van der Waals surface area (Å²) in [4.78, 5) is 0. The van der Waals surface area contributed by atoms with Gasteiger partial charge >= 0.3 is 0 Å². The van der Waals surface area contributed by atoms with Gasteiger partial charge in [-0.15, -0.1) is 0 Å². The molecule has 0 fully saturated rings. The summed E-state index contributed by atoms with van der Waals surface area (Å²) in [6, 6.07) is 0. The predicted molar refractivity (Wildman–Crippen MR) is 71.2 cm³/mol. The molecular weight excluding hydrogens is 238 g/mol. The van der Waals surface area contributed by atoms with Crippen LogP contribution >= 0.6 is 0 Å². The van der Waals surface area contributed by atoms with E-state index in [0.717, 1.165) is 6.42 Å². The van der Waals surface area contributed by atoms with Crippen LogP contribution in [0.2, 0.25) is 0 Å². The quantitative estimate of drug-likeness (QED) is 0.729. The average Bonchev–Trinajstić information content (AvgIpc) is 2.08. The Morgan fingerprint density at radius 3 is 2.00 bits per heavy atom. The van der Waals surface area contributed by atoms with Gasteiger partial charge < -0.3 is 4.74 Å². The van der Waals surface area contributed by atoms with E-state index >= 15 is 0 Å². The van der Waals surface area contributed by atoms with Crippen molar-refractivity contribution >= 4 is 10.0 Å². The lowest BCUT2D eigenvalue weighted by atomic mass is 9.99. The standard InChI is InChI=1S/C12H27NO3S/c1-9(2)6-11(5)16-7-12(10(3)4)8-17(13,14)15/h9-12H,6-8H2,1-5H3,(H2,13,14,15). The van der Waals surface area contributed by atoms with Gasteiger partial charge in [-0.3, -0.25) is 0 Å². The molecule has 17 heavy (non-hydrogen) atoms. The topological polar surface area (TPSA) is 69.4 Å². The minimum absolute atomic E-state index is 0.000927. The molecule has 0 heterocycles. The third-order valence-electron chi connectivity index (χ3n) is 2.79. The Balaban J connectivity index is 4.19. The molecule has 0 aliphatic carbocycles. The molecule has 0 aromatic rings. The van der Waals surface area contributed by atoms with Crippen LogP contribution in [-0.4, -0.2) is 26.9 Å². The Bertz CT molecular complexity index is 299. The summed E-state index contributed by atoms with van der Waals surface area (Å²) < 4.78 is 27.9. The van der Waals surface area contributed by atoms with Crippen molar-refractivity contribution in [1.29, 1.82) is 0 Å². The third-order valence-corrected chi connectivity index (χ3v) is 3.68. The molecule has 2 atom stereocenters. The number of sulfonamides is 1. The van der Waals surface area contributed by atoms with E-state index in [1.54, 1.807) is 0 Å². The monoisotopic (exact) mass is 265 g/mol. The van der Waals surface area contributed by atoms with Gasteiger partial charge in [0.15, 0.2) is 0 Å². The van der Waals surface area contributed by atoms with Gasteiger partial charge in [0.1, 0.15) is 0 Å². The van der Waals surface area contributed by atoms with E-state index in [0.29, 0.717) is 12.5 Å². The smallest absolute Gasteiger partial charge is 0.209 e. The zero-order valence-corrected chi connectivity index (χ0v) is 12.5. The van der Waals surface area contributed by atoms with Gasteiger partial charge in [0.05, 0.1) is 18.5 Å².